The van der Waals surface area contributed by atoms with E-state index in [9.17, 15) is 18.0 Å². The predicted octanol–water partition coefficient (Wildman–Crippen LogP) is 5.07. The molecule has 1 heterocycles. The third-order valence-electron chi connectivity index (χ3n) is 4.57. The molecule has 0 saturated heterocycles. The Morgan fingerprint density at radius 2 is 1.86 bits per heavy atom. The van der Waals surface area contributed by atoms with Gasteiger partial charge in [-0.05, 0) is 55.7 Å². The van der Waals surface area contributed by atoms with Crippen LogP contribution in [0.4, 0.5) is 18.9 Å². The van der Waals surface area contributed by atoms with Crippen LogP contribution in [-0.2, 0) is 12.8 Å². The molecule has 28 heavy (non-hydrogen) atoms. The molecule has 0 spiro atoms. The third kappa shape index (κ3) is 3.64. The van der Waals surface area contributed by atoms with Crippen LogP contribution in [0.3, 0.4) is 0 Å². The van der Waals surface area contributed by atoms with Crippen LogP contribution in [0.5, 0.6) is 0 Å². The molecule has 0 unspecified atom stereocenters. The first kappa shape index (κ1) is 18.6. The Morgan fingerprint density at radius 3 is 2.61 bits per heavy atom. The normalized spacial score (nSPS) is 13.0. The van der Waals surface area contributed by atoms with Crippen LogP contribution in [0.15, 0.2) is 53.4 Å². The van der Waals surface area contributed by atoms with Gasteiger partial charge >= 0.3 is 0 Å². The van der Waals surface area contributed by atoms with E-state index in [0.29, 0.717) is 34.5 Å². The van der Waals surface area contributed by atoms with Crippen molar-refractivity contribution in [2.75, 3.05) is 5.32 Å². The summed E-state index contributed by atoms with van der Waals surface area (Å²) in [6, 6.07) is 12.3. The summed E-state index contributed by atoms with van der Waals surface area (Å²) in [5.74, 6) is -3.38. The number of hydrogen-bond acceptors (Lipinski definition) is 3. The molecule has 1 aromatic heterocycles. The summed E-state index contributed by atoms with van der Waals surface area (Å²) in [4.78, 5) is 13.2. The van der Waals surface area contributed by atoms with Gasteiger partial charge in [-0.3, -0.25) is 4.79 Å². The fraction of sp³-hybridized carbons (Fsp3) is 0.200. The van der Waals surface area contributed by atoms with E-state index in [1.807, 2.05) is 0 Å². The molecule has 0 atom stereocenters. The quantitative estimate of drug-likeness (QED) is 0.605. The maximum absolute atomic E-state index is 13.2. The number of nitrogens with one attached hydrogen (secondary N) is 1. The smallest absolute Gasteiger partial charge is 0.288 e. The molecule has 4 rings (SSSR count). The van der Waals surface area contributed by atoms with Crippen LogP contribution in [0, 0.1) is 5.82 Å². The lowest BCUT2D eigenvalue weighted by Crippen LogP contribution is -2.15. The number of thioether (sulfide) groups is 1. The highest BCUT2D eigenvalue weighted by Crippen LogP contribution is 2.33. The highest BCUT2D eigenvalue weighted by molar-refractivity contribution is 7.99. The molecule has 0 fully saturated rings. The molecule has 0 bridgehead atoms. The van der Waals surface area contributed by atoms with Crippen LogP contribution in [0.1, 0.15) is 28.2 Å². The lowest BCUT2D eigenvalue weighted by atomic mass is 10.2. The lowest BCUT2D eigenvalue weighted by Gasteiger charge is -2.10. The molecule has 1 aliphatic rings. The van der Waals surface area contributed by atoms with Gasteiger partial charge in [0, 0.05) is 16.2 Å². The first-order valence-electron chi connectivity index (χ1n) is 8.75. The van der Waals surface area contributed by atoms with Gasteiger partial charge in [0.1, 0.15) is 5.82 Å². The van der Waals surface area contributed by atoms with Gasteiger partial charge in [-0.25, -0.2) is 9.07 Å². The number of nitrogens with zero attached hydrogens (tertiary/aromatic N) is 2. The van der Waals surface area contributed by atoms with Gasteiger partial charge in [0.2, 0.25) is 0 Å². The van der Waals surface area contributed by atoms with Crippen molar-refractivity contribution in [3.05, 3.63) is 71.3 Å². The molecule has 4 nitrogen and oxygen atoms in total. The SMILES string of the molecule is O=C(Nc1ccccc1SC(F)F)c1nn(-c2ccc(F)cc2)c2c1CCC2. The number of anilines is 1. The van der Waals surface area contributed by atoms with Crippen LogP contribution in [-0.4, -0.2) is 21.4 Å². The zero-order valence-electron chi connectivity index (χ0n) is 14.7. The number of alkyl halides is 2. The van der Waals surface area contributed by atoms with Crippen LogP contribution in [0.25, 0.3) is 5.69 Å². The second-order valence-electron chi connectivity index (χ2n) is 6.34. The number of hydrogen-bond donors (Lipinski definition) is 1. The molecule has 1 amide bonds. The molecule has 0 aliphatic heterocycles. The van der Waals surface area contributed by atoms with E-state index in [1.54, 1.807) is 35.0 Å². The average molecular weight is 403 g/mol. The maximum Gasteiger partial charge on any atom is 0.288 e. The average Bonchev–Trinajstić information content (AvgIpc) is 3.26. The number of fused-ring (bicyclic) bond motifs is 1. The summed E-state index contributed by atoms with van der Waals surface area (Å²) in [6.45, 7) is 0. The fourth-order valence-electron chi connectivity index (χ4n) is 3.37. The van der Waals surface area contributed by atoms with Crippen molar-refractivity contribution < 1.29 is 18.0 Å². The van der Waals surface area contributed by atoms with Crippen LogP contribution in [0.2, 0.25) is 0 Å². The van der Waals surface area contributed by atoms with Crippen molar-refractivity contribution in [3.8, 4) is 5.69 Å². The minimum atomic E-state index is -2.58. The summed E-state index contributed by atoms with van der Waals surface area (Å²) >= 11 is 0.382. The largest absolute Gasteiger partial charge is 0.320 e. The number of aromatic nitrogens is 2. The number of benzene rings is 2. The summed E-state index contributed by atoms with van der Waals surface area (Å²) in [5.41, 5.74) is 3.04. The van der Waals surface area contributed by atoms with E-state index < -0.39 is 11.7 Å². The molecule has 0 saturated carbocycles. The monoisotopic (exact) mass is 403 g/mol. The number of amides is 1. The Balaban J connectivity index is 1.66. The van der Waals surface area contributed by atoms with Crippen molar-refractivity contribution in [2.45, 2.75) is 29.9 Å². The molecule has 0 radical (unpaired) electrons. The first-order chi connectivity index (χ1) is 13.5. The van der Waals surface area contributed by atoms with Gasteiger partial charge in [0.05, 0.1) is 11.4 Å². The number of para-hydroxylation sites is 1. The summed E-state index contributed by atoms with van der Waals surface area (Å²) in [7, 11) is 0. The van der Waals surface area contributed by atoms with Crippen LogP contribution < -0.4 is 5.32 Å². The summed E-state index contributed by atoms with van der Waals surface area (Å²) in [5, 5.41) is 7.15. The Morgan fingerprint density at radius 1 is 1.11 bits per heavy atom. The zero-order chi connectivity index (χ0) is 19.7. The molecular weight excluding hydrogens is 387 g/mol. The molecule has 8 heteroatoms. The third-order valence-corrected chi connectivity index (χ3v) is 5.36. The number of carbonyl (C=O) groups excluding carboxylic acids is 1. The second kappa shape index (κ2) is 7.71. The zero-order valence-corrected chi connectivity index (χ0v) is 15.5. The standard InChI is InChI=1S/C20H16F3N3OS/c21-12-8-10-13(11-9-12)26-16-6-3-4-14(16)18(25-26)19(27)24-15-5-1-2-7-17(15)28-20(22)23/h1-2,5,7-11,20H,3-4,6H2,(H,24,27). The maximum atomic E-state index is 13.2. The van der Waals surface area contributed by atoms with Crippen LogP contribution >= 0.6 is 11.8 Å². The van der Waals surface area contributed by atoms with E-state index in [-0.39, 0.29) is 11.5 Å². The van der Waals surface area contributed by atoms with Gasteiger partial charge in [-0.1, -0.05) is 23.9 Å². The number of halogens is 3. The minimum Gasteiger partial charge on any atom is -0.320 e. The molecule has 3 aromatic rings. The van der Waals surface area contributed by atoms with Gasteiger partial charge in [0.25, 0.3) is 11.7 Å². The lowest BCUT2D eigenvalue weighted by molar-refractivity contribution is 0.102. The molecule has 144 valence electrons. The first-order valence-corrected chi connectivity index (χ1v) is 9.63. The van der Waals surface area contributed by atoms with Crippen molar-refractivity contribution in [2.24, 2.45) is 0 Å². The fourth-order valence-corrected chi connectivity index (χ4v) is 3.96. The van der Waals surface area contributed by atoms with Gasteiger partial charge in [0.15, 0.2) is 5.69 Å². The van der Waals surface area contributed by atoms with Crippen molar-refractivity contribution in [3.63, 3.8) is 0 Å². The van der Waals surface area contributed by atoms with E-state index in [1.165, 1.54) is 18.2 Å². The Bertz CT molecular complexity index is 1020. The van der Waals surface area contributed by atoms with Gasteiger partial charge in [-0.2, -0.15) is 13.9 Å². The molecular formula is C20H16F3N3OS. The predicted molar refractivity (Wildman–Crippen MR) is 102 cm³/mol. The molecule has 1 aliphatic carbocycles. The van der Waals surface area contributed by atoms with Gasteiger partial charge in [-0.15, -0.1) is 0 Å². The minimum absolute atomic E-state index is 0.272. The Labute approximate surface area is 163 Å². The van der Waals surface area contributed by atoms with E-state index >= 15 is 0 Å². The second-order valence-corrected chi connectivity index (χ2v) is 7.38. The summed E-state index contributed by atoms with van der Waals surface area (Å²) in [6.07, 6.45) is 2.38. The molecule has 2 aromatic carbocycles. The van der Waals surface area contributed by atoms with Gasteiger partial charge < -0.3 is 5.32 Å². The molecule has 1 N–H and O–H groups in total. The van der Waals surface area contributed by atoms with E-state index in [4.69, 9.17) is 0 Å². The number of rotatable bonds is 5. The van der Waals surface area contributed by atoms with E-state index in [2.05, 4.69) is 10.4 Å². The Kier molecular flexibility index (Phi) is 5.13. The highest BCUT2D eigenvalue weighted by Gasteiger charge is 2.27. The highest BCUT2D eigenvalue weighted by atomic mass is 32.2. The van der Waals surface area contributed by atoms with E-state index in [0.717, 1.165) is 24.1 Å². The topological polar surface area (TPSA) is 46.9 Å². The number of carbonyl (C=O) groups is 1. The Hall–Kier alpha value is -2.74. The summed E-state index contributed by atoms with van der Waals surface area (Å²) < 4.78 is 40.4. The van der Waals surface area contributed by atoms with Crippen molar-refractivity contribution in [1.82, 2.24) is 9.78 Å². The van der Waals surface area contributed by atoms with Crippen molar-refractivity contribution >= 4 is 23.4 Å². The van der Waals surface area contributed by atoms with Crippen molar-refractivity contribution in [1.29, 1.82) is 0 Å².